The van der Waals surface area contributed by atoms with Gasteiger partial charge in [-0.3, -0.25) is 14.9 Å². The van der Waals surface area contributed by atoms with Gasteiger partial charge in [-0.25, -0.2) is 4.98 Å². The Balaban J connectivity index is 1.61. The minimum atomic E-state index is -0.327. The summed E-state index contributed by atoms with van der Waals surface area (Å²) in [4.78, 5) is 28.5. The molecule has 0 unspecified atom stereocenters. The van der Waals surface area contributed by atoms with E-state index >= 15 is 0 Å². The number of aromatic nitrogens is 1. The van der Waals surface area contributed by atoms with Crippen LogP contribution in [0, 0.1) is 0 Å². The van der Waals surface area contributed by atoms with Crippen molar-refractivity contribution < 1.29 is 19.1 Å². The first-order chi connectivity index (χ1) is 15.5. The Labute approximate surface area is 195 Å². The molecule has 7 nitrogen and oxygen atoms in total. The summed E-state index contributed by atoms with van der Waals surface area (Å²) in [5.74, 6) is 0.385. The summed E-state index contributed by atoms with van der Waals surface area (Å²) in [6.07, 6.45) is 5.48. The van der Waals surface area contributed by atoms with Gasteiger partial charge in [0, 0.05) is 28.9 Å². The highest BCUT2D eigenvalue weighted by molar-refractivity contribution is 7.13. The molecule has 0 saturated carbocycles. The summed E-state index contributed by atoms with van der Waals surface area (Å²) in [5.41, 5.74) is 1.71. The van der Waals surface area contributed by atoms with Crippen molar-refractivity contribution in [1.29, 1.82) is 0 Å². The van der Waals surface area contributed by atoms with E-state index in [0.29, 0.717) is 45.1 Å². The van der Waals surface area contributed by atoms with Crippen LogP contribution in [0.25, 0.3) is 6.08 Å². The van der Waals surface area contributed by atoms with Crippen LogP contribution in [0.2, 0.25) is 5.02 Å². The van der Waals surface area contributed by atoms with Gasteiger partial charge in [-0.2, -0.15) is 0 Å². The smallest absolute Gasteiger partial charge is 0.257 e. The molecule has 0 aliphatic carbocycles. The van der Waals surface area contributed by atoms with Crippen molar-refractivity contribution in [3.8, 4) is 11.5 Å². The number of rotatable bonds is 9. The van der Waals surface area contributed by atoms with Gasteiger partial charge in [-0.1, -0.05) is 18.5 Å². The second kappa shape index (κ2) is 11.3. The summed E-state index contributed by atoms with van der Waals surface area (Å²) in [5, 5.41) is 8.17. The van der Waals surface area contributed by atoms with Crippen LogP contribution in [0.5, 0.6) is 11.5 Å². The Hall–Kier alpha value is -3.36. The topological polar surface area (TPSA) is 89.5 Å². The predicted molar refractivity (Wildman–Crippen MR) is 128 cm³/mol. The molecule has 0 aliphatic heterocycles. The largest absolute Gasteiger partial charge is 0.493 e. The van der Waals surface area contributed by atoms with E-state index in [1.54, 1.807) is 54.1 Å². The molecule has 2 aromatic carbocycles. The Bertz CT molecular complexity index is 1100. The number of hydrogen-bond donors (Lipinski definition) is 2. The monoisotopic (exact) mass is 471 g/mol. The summed E-state index contributed by atoms with van der Waals surface area (Å²) < 4.78 is 11.0. The molecule has 9 heteroatoms. The molecule has 0 atom stereocenters. The van der Waals surface area contributed by atoms with E-state index in [9.17, 15) is 9.59 Å². The zero-order chi connectivity index (χ0) is 22.9. The molecule has 0 spiro atoms. The van der Waals surface area contributed by atoms with Gasteiger partial charge in [0.05, 0.1) is 18.7 Å². The minimum Gasteiger partial charge on any atom is -0.493 e. The van der Waals surface area contributed by atoms with Gasteiger partial charge in [0.2, 0.25) is 5.91 Å². The van der Waals surface area contributed by atoms with Gasteiger partial charge in [0.25, 0.3) is 5.91 Å². The fourth-order valence-electron chi connectivity index (χ4n) is 2.70. The van der Waals surface area contributed by atoms with E-state index in [4.69, 9.17) is 21.1 Å². The zero-order valence-corrected chi connectivity index (χ0v) is 19.1. The summed E-state index contributed by atoms with van der Waals surface area (Å²) in [7, 11) is 1.53. The average molecular weight is 472 g/mol. The van der Waals surface area contributed by atoms with E-state index in [1.807, 2.05) is 6.92 Å². The van der Waals surface area contributed by atoms with Crippen molar-refractivity contribution in [3.63, 3.8) is 0 Å². The lowest BCUT2D eigenvalue weighted by atomic mass is 10.1. The van der Waals surface area contributed by atoms with Gasteiger partial charge >= 0.3 is 0 Å². The Morgan fingerprint density at radius 3 is 2.62 bits per heavy atom. The quantitative estimate of drug-likeness (QED) is 0.402. The predicted octanol–water partition coefficient (Wildman–Crippen LogP) is 5.50. The zero-order valence-electron chi connectivity index (χ0n) is 17.6. The lowest BCUT2D eigenvalue weighted by Gasteiger charge is -2.12. The van der Waals surface area contributed by atoms with Crippen molar-refractivity contribution >= 4 is 51.6 Å². The summed E-state index contributed by atoms with van der Waals surface area (Å²) >= 11 is 7.64. The summed E-state index contributed by atoms with van der Waals surface area (Å²) in [6.45, 7) is 2.53. The fourth-order valence-corrected chi connectivity index (χ4v) is 3.49. The van der Waals surface area contributed by atoms with Gasteiger partial charge < -0.3 is 14.8 Å². The van der Waals surface area contributed by atoms with E-state index in [1.165, 1.54) is 24.5 Å². The van der Waals surface area contributed by atoms with Crippen LogP contribution in [0.3, 0.4) is 0 Å². The van der Waals surface area contributed by atoms with Crippen LogP contribution < -0.4 is 20.1 Å². The molecule has 0 radical (unpaired) electrons. The molecule has 3 rings (SSSR count). The molecule has 166 valence electrons. The molecule has 0 fully saturated rings. The van der Waals surface area contributed by atoms with Crippen LogP contribution >= 0.6 is 22.9 Å². The molecule has 0 aliphatic rings. The van der Waals surface area contributed by atoms with E-state index in [-0.39, 0.29) is 11.8 Å². The van der Waals surface area contributed by atoms with Gasteiger partial charge in [-0.05, 0) is 54.5 Å². The third-order valence-electron chi connectivity index (χ3n) is 4.20. The minimum absolute atomic E-state index is 0.269. The molecule has 2 N–H and O–H groups in total. The molecular weight excluding hydrogens is 450 g/mol. The number of hydrogen-bond acceptors (Lipinski definition) is 6. The van der Waals surface area contributed by atoms with Crippen molar-refractivity contribution in [2.75, 3.05) is 24.4 Å². The molecule has 3 aromatic rings. The Morgan fingerprint density at radius 1 is 1.19 bits per heavy atom. The van der Waals surface area contributed by atoms with Crippen LogP contribution in [-0.2, 0) is 4.79 Å². The standard InChI is InChI=1S/C23H22ClN3O4S/c1-3-11-31-21-18(24)13-15(14-19(21)30-2)4-9-20(28)26-17-7-5-16(6-8-17)22(29)27-23-25-10-12-32-23/h4-10,12-14H,3,11H2,1-2H3,(H,26,28)(H,25,27,29)/b9-4+. The SMILES string of the molecule is CCCOc1c(Cl)cc(/C=C/C(=O)Nc2ccc(C(=O)Nc3nccs3)cc2)cc1OC. The van der Waals surface area contributed by atoms with Gasteiger partial charge in [0.1, 0.15) is 0 Å². The average Bonchev–Trinajstić information content (AvgIpc) is 3.30. The maximum atomic E-state index is 12.3. The summed E-state index contributed by atoms with van der Waals surface area (Å²) in [6, 6.07) is 10.0. The first-order valence-corrected chi connectivity index (χ1v) is 11.1. The van der Waals surface area contributed by atoms with Crippen molar-refractivity contribution in [3.05, 3.63) is 70.2 Å². The van der Waals surface area contributed by atoms with E-state index in [0.717, 1.165) is 6.42 Å². The second-order valence-corrected chi connectivity index (χ2v) is 7.88. The molecule has 1 heterocycles. The number of anilines is 2. The fraction of sp³-hybridized carbons (Fsp3) is 0.174. The normalized spacial score (nSPS) is 10.7. The highest BCUT2D eigenvalue weighted by Gasteiger charge is 2.11. The molecule has 0 bridgehead atoms. The van der Waals surface area contributed by atoms with Crippen molar-refractivity contribution in [2.24, 2.45) is 0 Å². The Kier molecular flexibility index (Phi) is 8.24. The second-order valence-electron chi connectivity index (χ2n) is 6.57. The molecule has 32 heavy (non-hydrogen) atoms. The number of carbonyl (C=O) groups excluding carboxylic acids is 2. The van der Waals surface area contributed by atoms with Crippen LogP contribution in [0.4, 0.5) is 10.8 Å². The van der Waals surface area contributed by atoms with Crippen LogP contribution in [-0.4, -0.2) is 30.5 Å². The maximum Gasteiger partial charge on any atom is 0.257 e. The highest BCUT2D eigenvalue weighted by Crippen LogP contribution is 2.36. The van der Waals surface area contributed by atoms with E-state index in [2.05, 4.69) is 15.6 Å². The number of ether oxygens (including phenoxy) is 2. The Morgan fingerprint density at radius 2 is 1.97 bits per heavy atom. The first-order valence-electron chi connectivity index (χ1n) is 9.80. The highest BCUT2D eigenvalue weighted by atomic mass is 35.5. The number of benzene rings is 2. The number of nitrogens with zero attached hydrogens (tertiary/aromatic N) is 1. The number of halogens is 1. The number of amides is 2. The molecule has 2 amide bonds. The van der Waals surface area contributed by atoms with E-state index < -0.39 is 0 Å². The molecule has 1 aromatic heterocycles. The van der Waals surface area contributed by atoms with Crippen molar-refractivity contribution in [2.45, 2.75) is 13.3 Å². The maximum absolute atomic E-state index is 12.3. The van der Waals surface area contributed by atoms with Gasteiger partial charge in [0.15, 0.2) is 16.6 Å². The number of nitrogens with one attached hydrogen (secondary N) is 2. The lowest BCUT2D eigenvalue weighted by Crippen LogP contribution is -2.12. The third-order valence-corrected chi connectivity index (χ3v) is 5.17. The molecule has 0 saturated heterocycles. The van der Waals surface area contributed by atoms with Crippen LogP contribution in [0.1, 0.15) is 29.3 Å². The first kappa shape index (κ1) is 23.3. The number of methoxy groups -OCH3 is 1. The number of carbonyl (C=O) groups is 2. The number of thiazole rings is 1. The van der Waals surface area contributed by atoms with Crippen LogP contribution in [0.15, 0.2) is 54.1 Å². The molecular formula is C23H22ClN3O4S. The van der Waals surface area contributed by atoms with Crippen molar-refractivity contribution in [1.82, 2.24) is 4.98 Å². The third kappa shape index (κ3) is 6.32. The lowest BCUT2D eigenvalue weighted by molar-refractivity contribution is -0.111. The van der Waals surface area contributed by atoms with Gasteiger partial charge in [-0.15, -0.1) is 11.3 Å².